The number of hydrogen-bond donors (Lipinski definition) is 5. The lowest BCUT2D eigenvalue weighted by Crippen LogP contribution is -2.42. The van der Waals surface area contributed by atoms with Crippen molar-refractivity contribution in [2.45, 2.75) is 13.8 Å². The number of allylic oxidation sites excluding steroid dienone is 3. The Morgan fingerprint density at radius 3 is 2.23 bits per heavy atom. The third-order valence-electron chi connectivity index (χ3n) is 1.19. The van der Waals surface area contributed by atoms with E-state index in [0.717, 1.165) is 5.70 Å². The zero-order valence-electron chi connectivity index (χ0n) is 7.81. The first-order valence-electron chi connectivity index (χ1n) is 3.85. The maximum atomic E-state index is 7.31. The fourth-order valence-electron chi connectivity index (χ4n) is 0.700. The smallest absolute Gasteiger partial charge is 0.199 e. The minimum absolute atomic E-state index is 0.0151. The van der Waals surface area contributed by atoms with Crippen LogP contribution in [-0.2, 0) is 0 Å². The van der Waals surface area contributed by atoms with Gasteiger partial charge in [-0.3, -0.25) is 16.1 Å². The lowest BCUT2D eigenvalue weighted by atomic mass is 10.3. The van der Waals surface area contributed by atoms with E-state index in [1.165, 1.54) is 0 Å². The highest BCUT2D eigenvalue weighted by Crippen LogP contribution is 1.89. The zero-order chi connectivity index (χ0) is 10.3. The van der Waals surface area contributed by atoms with Gasteiger partial charge in [0.2, 0.25) is 0 Å². The van der Waals surface area contributed by atoms with Gasteiger partial charge in [0.1, 0.15) is 0 Å². The van der Waals surface area contributed by atoms with Gasteiger partial charge in [-0.25, -0.2) is 0 Å². The van der Waals surface area contributed by atoms with Crippen LogP contribution in [0.3, 0.4) is 0 Å². The minimum Gasteiger partial charge on any atom is -0.370 e. The van der Waals surface area contributed by atoms with E-state index in [9.17, 15) is 0 Å². The highest BCUT2D eigenvalue weighted by atomic mass is 15.2. The molecule has 0 aromatic heterocycles. The van der Waals surface area contributed by atoms with Crippen molar-refractivity contribution in [1.82, 2.24) is 10.6 Å². The van der Waals surface area contributed by atoms with E-state index in [1.807, 2.05) is 32.1 Å². The molecule has 0 saturated heterocycles. The second-order valence-corrected chi connectivity index (χ2v) is 2.28. The molecule has 0 atom stereocenters. The van der Waals surface area contributed by atoms with Crippen molar-refractivity contribution in [3.8, 4) is 0 Å². The molecule has 0 amide bonds. The lowest BCUT2D eigenvalue weighted by molar-refractivity contribution is 1.05. The van der Waals surface area contributed by atoms with Crippen LogP contribution in [0.2, 0.25) is 0 Å². The number of nitrogens with two attached hydrogens (primary N) is 1. The first-order valence-corrected chi connectivity index (χ1v) is 3.85. The zero-order valence-corrected chi connectivity index (χ0v) is 7.81. The van der Waals surface area contributed by atoms with E-state index >= 15 is 0 Å². The van der Waals surface area contributed by atoms with E-state index in [0.29, 0.717) is 0 Å². The van der Waals surface area contributed by atoms with Crippen LogP contribution in [0.5, 0.6) is 0 Å². The van der Waals surface area contributed by atoms with Gasteiger partial charge in [-0.15, -0.1) is 0 Å². The van der Waals surface area contributed by atoms with Crippen LogP contribution in [0.15, 0.2) is 23.9 Å². The molecule has 6 N–H and O–H groups in total. The van der Waals surface area contributed by atoms with Crippen LogP contribution < -0.4 is 16.4 Å². The third kappa shape index (κ3) is 5.49. The van der Waals surface area contributed by atoms with Crippen molar-refractivity contribution in [2.75, 3.05) is 0 Å². The van der Waals surface area contributed by atoms with Crippen molar-refractivity contribution >= 4 is 11.9 Å². The molecule has 0 aromatic rings. The van der Waals surface area contributed by atoms with Gasteiger partial charge in [-0.05, 0) is 19.9 Å². The van der Waals surface area contributed by atoms with Crippen molar-refractivity contribution in [2.24, 2.45) is 5.73 Å². The maximum Gasteiger partial charge on any atom is 0.199 e. The molecule has 0 aliphatic rings. The fraction of sp³-hybridized carbons (Fsp3) is 0.250. The molecule has 0 fully saturated rings. The molecule has 0 heterocycles. The van der Waals surface area contributed by atoms with Gasteiger partial charge in [0.15, 0.2) is 11.9 Å². The minimum atomic E-state index is -0.256. The topological polar surface area (TPSA) is 97.8 Å². The molecule has 0 aromatic carbocycles. The van der Waals surface area contributed by atoms with Crippen LogP contribution in [0.25, 0.3) is 0 Å². The molecule has 0 bridgehead atoms. The Balaban J connectivity index is 4.10. The summed E-state index contributed by atoms with van der Waals surface area (Å²) in [6, 6.07) is 0. The summed E-state index contributed by atoms with van der Waals surface area (Å²) in [5, 5.41) is 19.2. The summed E-state index contributed by atoms with van der Waals surface area (Å²) in [7, 11) is 0. The second kappa shape index (κ2) is 5.82. The largest absolute Gasteiger partial charge is 0.370 e. The molecular weight excluding hydrogens is 166 g/mol. The molecule has 0 radical (unpaired) electrons. The van der Waals surface area contributed by atoms with Gasteiger partial charge in [0.05, 0.1) is 0 Å². The van der Waals surface area contributed by atoms with E-state index in [2.05, 4.69) is 10.6 Å². The predicted octanol–water partition coefficient (Wildman–Crippen LogP) is 0.474. The summed E-state index contributed by atoms with van der Waals surface area (Å²) in [5.41, 5.74) is 5.82. The summed E-state index contributed by atoms with van der Waals surface area (Å²) in [5.74, 6) is -0.271. The van der Waals surface area contributed by atoms with Gasteiger partial charge >= 0.3 is 0 Å². The normalized spacial score (nSPS) is 11.4. The van der Waals surface area contributed by atoms with Gasteiger partial charge in [-0.2, -0.15) is 0 Å². The van der Waals surface area contributed by atoms with Gasteiger partial charge < -0.3 is 11.1 Å². The van der Waals surface area contributed by atoms with E-state index in [4.69, 9.17) is 16.6 Å². The molecule has 13 heavy (non-hydrogen) atoms. The van der Waals surface area contributed by atoms with Crippen LogP contribution in [-0.4, -0.2) is 11.9 Å². The van der Waals surface area contributed by atoms with E-state index < -0.39 is 0 Å². The summed E-state index contributed by atoms with van der Waals surface area (Å²) in [6.07, 6.45) is 5.48. The summed E-state index contributed by atoms with van der Waals surface area (Å²) in [6.45, 7) is 3.73. The predicted molar refractivity (Wildman–Crippen MR) is 54.5 cm³/mol. The molecule has 0 rings (SSSR count). The number of nitrogens with one attached hydrogen (secondary N) is 4. The average molecular weight is 181 g/mol. The van der Waals surface area contributed by atoms with Crippen molar-refractivity contribution in [3.05, 3.63) is 23.9 Å². The van der Waals surface area contributed by atoms with Crippen molar-refractivity contribution < 1.29 is 0 Å². The maximum absolute atomic E-state index is 7.31. The number of hydrogen-bond acceptors (Lipinski definition) is 2. The Labute approximate surface area is 77.7 Å². The average Bonchev–Trinajstić information content (AvgIpc) is 2.02. The molecule has 72 valence electrons. The Kier molecular flexibility index (Phi) is 5.02. The molecular formula is C8H15N5. The molecule has 0 unspecified atom stereocenters. The van der Waals surface area contributed by atoms with Crippen LogP contribution in [0.1, 0.15) is 13.8 Å². The fourth-order valence-corrected chi connectivity index (χ4v) is 0.700. The van der Waals surface area contributed by atoms with Crippen LogP contribution in [0, 0.1) is 10.8 Å². The Morgan fingerprint density at radius 2 is 1.85 bits per heavy atom. The summed E-state index contributed by atoms with van der Waals surface area (Å²) >= 11 is 0. The lowest BCUT2D eigenvalue weighted by Gasteiger charge is -2.08. The van der Waals surface area contributed by atoms with Crippen LogP contribution in [0.4, 0.5) is 0 Å². The van der Waals surface area contributed by atoms with Gasteiger partial charge in [-0.1, -0.05) is 12.2 Å². The van der Waals surface area contributed by atoms with Crippen molar-refractivity contribution in [3.63, 3.8) is 0 Å². The van der Waals surface area contributed by atoms with E-state index in [1.54, 1.807) is 0 Å². The van der Waals surface area contributed by atoms with E-state index in [-0.39, 0.29) is 11.9 Å². The highest BCUT2D eigenvalue weighted by molar-refractivity contribution is 5.95. The molecule has 0 aliphatic carbocycles. The molecule has 0 spiro atoms. The quantitative estimate of drug-likeness (QED) is 0.243. The molecule has 5 nitrogen and oxygen atoms in total. The first-order chi connectivity index (χ1) is 6.10. The van der Waals surface area contributed by atoms with Crippen molar-refractivity contribution in [1.29, 1.82) is 10.8 Å². The standard InChI is InChI=1S/C8H15N5/c1-3-5-6(4-2)12-8(11)13-7(9)10/h3-5H,1-2H3,(H6,9,10,11,12,13)/b5-3-,6-4+. The second-order valence-electron chi connectivity index (χ2n) is 2.28. The Morgan fingerprint density at radius 1 is 1.23 bits per heavy atom. The summed E-state index contributed by atoms with van der Waals surface area (Å²) in [4.78, 5) is 0. The molecule has 0 saturated carbocycles. The summed E-state index contributed by atoms with van der Waals surface area (Å²) < 4.78 is 0. The van der Waals surface area contributed by atoms with Crippen LogP contribution >= 0.6 is 0 Å². The molecule has 5 heteroatoms. The van der Waals surface area contributed by atoms with Gasteiger partial charge in [0, 0.05) is 5.70 Å². The van der Waals surface area contributed by atoms with Gasteiger partial charge in [0.25, 0.3) is 0 Å². The Bertz CT molecular complexity index is 251. The number of rotatable bonds is 2. The highest BCUT2D eigenvalue weighted by Gasteiger charge is 1.96. The number of guanidine groups is 2. The first kappa shape index (κ1) is 11.2. The monoisotopic (exact) mass is 181 g/mol. The SMILES string of the molecule is C/C=C\C(=C/C)NC(=N)NC(=N)N. The molecule has 0 aliphatic heterocycles. The third-order valence-corrected chi connectivity index (χ3v) is 1.19. The Hall–Kier alpha value is -1.78.